The van der Waals surface area contributed by atoms with Crippen molar-refractivity contribution in [3.8, 4) is 0 Å². The molecule has 1 aliphatic heterocycles. The van der Waals surface area contributed by atoms with Crippen LogP contribution >= 0.6 is 11.8 Å². The maximum atomic E-state index is 10.5. The van der Waals surface area contributed by atoms with Crippen molar-refractivity contribution in [2.45, 2.75) is 0 Å². The van der Waals surface area contributed by atoms with Crippen molar-refractivity contribution < 1.29 is 4.92 Å². The molecule has 15 heavy (non-hydrogen) atoms. The Kier molecular flexibility index (Phi) is 2.39. The second kappa shape index (κ2) is 3.70. The molecule has 0 N–H and O–H groups in total. The van der Waals surface area contributed by atoms with Crippen LogP contribution in [0.5, 0.6) is 0 Å². The van der Waals surface area contributed by atoms with Crippen LogP contribution in [0, 0.1) is 10.1 Å². The summed E-state index contributed by atoms with van der Waals surface area (Å²) < 4.78 is 0.980. The molecule has 1 heterocycles. The third-order valence-electron chi connectivity index (χ3n) is 1.92. The SMILES string of the molecule is O=[N+]([O-])C1=NN(Cl)c2ccccc2C=C1. The maximum Gasteiger partial charge on any atom is 0.389 e. The third kappa shape index (κ3) is 1.82. The number of nitrogens with zero attached hydrogens (tertiary/aromatic N) is 3. The molecule has 76 valence electrons. The Hall–Kier alpha value is -1.88. The quantitative estimate of drug-likeness (QED) is 0.385. The van der Waals surface area contributed by atoms with E-state index in [2.05, 4.69) is 5.10 Å². The zero-order chi connectivity index (χ0) is 10.8. The summed E-state index contributed by atoms with van der Waals surface area (Å²) in [5, 5.41) is 14.2. The standard InChI is InChI=1S/C9H6ClN3O2/c10-12-8-4-2-1-3-7(8)5-6-9(11-12)13(14)15/h1-6H. The number of hydrogen-bond acceptors (Lipinski definition) is 4. The van der Waals surface area contributed by atoms with E-state index in [4.69, 9.17) is 11.8 Å². The van der Waals surface area contributed by atoms with Crippen LogP contribution in [-0.2, 0) is 0 Å². The molecule has 1 aromatic rings. The topological polar surface area (TPSA) is 58.7 Å². The summed E-state index contributed by atoms with van der Waals surface area (Å²) in [5.41, 5.74) is 1.40. The smallest absolute Gasteiger partial charge is 0.358 e. The van der Waals surface area contributed by atoms with Gasteiger partial charge in [0.15, 0.2) is 0 Å². The molecular formula is C9H6ClN3O2. The minimum atomic E-state index is -0.586. The molecule has 6 heteroatoms. The molecule has 0 unspecified atom stereocenters. The van der Waals surface area contributed by atoms with Crippen molar-refractivity contribution in [3.05, 3.63) is 46.0 Å². The highest BCUT2D eigenvalue weighted by Crippen LogP contribution is 2.25. The molecule has 5 nitrogen and oxygen atoms in total. The lowest BCUT2D eigenvalue weighted by molar-refractivity contribution is -0.348. The van der Waals surface area contributed by atoms with E-state index in [1.54, 1.807) is 24.3 Å². The summed E-state index contributed by atoms with van der Waals surface area (Å²) in [7, 11) is 0. The molecule has 0 bridgehead atoms. The molecule has 0 saturated heterocycles. The number of fused-ring (bicyclic) bond motifs is 1. The summed E-state index contributed by atoms with van der Waals surface area (Å²) in [5.74, 6) is -0.291. The lowest BCUT2D eigenvalue weighted by Crippen LogP contribution is -2.12. The summed E-state index contributed by atoms with van der Waals surface area (Å²) in [4.78, 5) is 9.96. The molecule has 0 atom stereocenters. The highest BCUT2D eigenvalue weighted by Gasteiger charge is 2.19. The van der Waals surface area contributed by atoms with Crippen molar-refractivity contribution in [1.82, 2.24) is 0 Å². The average Bonchev–Trinajstić information content (AvgIpc) is 2.39. The van der Waals surface area contributed by atoms with Crippen molar-refractivity contribution >= 4 is 29.4 Å². The van der Waals surface area contributed by atoms with Gasteiger partial charge in [-0.2, -0.15) is 0 Å². The Balaban J connectivity index is 2.50. The fraction of sp³-hybridized carbons (Fsp3) is 0. The first kappa shape index (κ1) is 9.67. The van der Waals surface area contributed by atoms with Gasteiger partial charge in [0.1, 0.15) is 5.69 Å². The Morgan fingerprint density at radius 2 is 2.07 bits per heavy atom. The normalized spacial score (nSPS) is 14.2. The number of nitro groups is 1. The average molecular weight is 224 g/mol. The summed E-state index contributed by atoms with van der Waals surface area (Å²) >= 11 is 5.79. The number of hydrogen-bond donors (Lipinski definition) is 0. The van der Waals surface area contributed by atoms with Crippen LogP contribution in [-0.4, -0.2) is 10.8 Å². The summed E-state index contributed by atoms with van der Waals surface area (Å²) in [6, 6.07) is 7.15. The molecular weight excluding hydrogens is 218 g/mol. The van der Waals surface area contributed by atoms with Crippen LogP contribution in [0.15, 0.2) is 35.4 Å². The van der Waals surface area contributed by atoms with Gasteiger partial charge in [-0.15, -0.1) is 0 Å². The Morgan fingerprint density at radius 3 is 2.80 bits per heavy atom. The molecule has 2 rings (SSSR count). The fourth-order valence-electron chi connectivity index (χ4n) is 1.24. The van der Waals surface area contributed by atoms with Crippen molar-refractivity contribution in [2.75, 3.05) is 4.53 Å². The van der Waals surface area contributed by atoms with Crippen molar-refractivity contribution in [2.24, 2.45) is 5.10 Å². The molecule has 0 amide bonds. The predicted octanol–water partition coefficient (Wildman–Crippen LogP) is 2.26. The first-order chi connectivity index (χ1) is 7.18. The van der Waals surface area contributed by atoms with Gasteiger partial charge in [-0.1, -0.05) is 22.7 Å². The number of para-hydroxylation sites is 1. The van der Waals surface area contributed by atoms with E-state index < -0.39 is 4.92 Å². The van der Waals surface area contributed by atoms with E-state index in [9.17, 15) is 10.1 Å². The van der Waals surface area contributed by atoms with Crippen LogP contribution in [0.25, 0.3) is 6.08 Å². The second-order valence-corrected chi connectivity index (χ2v) is 3.19. The first-order valence-corrected chi connectivity index (χ1v) is 4.48. The van der Waals surface area contributed by atoms with Crippen LogP contribution in [0.3, 0.4) is 0 Å². The van der Waals surface area contributed by atoms with Crippen LogP contribution < -0.4 is 4.53 Å². The van der Waals surface area contributed by atoms with Crippen molar-refractivity contribution in [3.63, 3.8) is 0 Å². The van der Waals surface area contributed by atoms with Crippen LogP contribution in [0.2, 0.25) is 0 Å². The fourth-order valence-corrected chi connectivity index (χ4v) is 1.47. The van der Waals surface area contributed by atoms with Gasteiger partial charge in [0.05, 0.1) is 16.9 Å². The number of halogens is 1. The van der Waals surface area contributed by atoms with E-state index in [1.165, 1.54) is 6.08 Å². The summed E-state index contributed by atoms with van der Waals surface area (Å²) in [6.45, 7) is 0. The van der Waals surface area contributed by atoms with E-state index in [0.717, 1.165) is 10.1 Å². The number of rotatable bonds is 0. The molecule has 0 aromatic heterocycles. The molecule has 0 fully saturated rings. The van der Waals surface area contributed by atoms with Gasteiger partial charge < -0.3 is 10.1 Å². The maximum absolute atomic E-state index is 10.5. The van der Waals surface area contributed by atoms with Gasteiger partial charge in [-0.3, -0.25) is 0 Å². The van der Waals surface area contributed by atoms with E-state index >= 15 is 0 Å². The Morgan fingerprint density at radius 1 is 1.33 bits per heavy atom. The molecule has 0 aliphatic carbocycles. The lowest BCUT2D eigenvalue weighted by atomic mass is 10.2. The van der Waals surface area contributed by atoms with E-state index in [0.29, 0.717) is 5.69 Å². The first-order valence-electron chi connectivity index (χ1n) is 4.14. The van der Waals surface area contributed by atoms with E-state index in [1.807, 2.05) is 6.07 Å². The molecule has 0 spiro atoms. The third-order valence-corrected chi connectivity index (χ3v) is 2.18. The van der Waals surface area contributed by atoms with Gasteiger partial charge in [0.25, 0.3) is 0 Å². The van der Waals surface area contributed by atoms with Gasteiger partial charge in [0, 0.05) is 11.6 Å². The Labute approximate surface area is 90.5 Å². The second-order valence-electron chi connectivity index (χ2n) is 2.87. The van der Waals surface area contributed by atoms with Gasteiger partial charge >= 0.3 is 5.84 Å². The molecule has 1 aliphatic rings. The van der Waals surface area contributed by atoms with Gasteiger partial charge in [-0.25, -0.2) is 0 Å². The van der Waals surface area contributed by atoms with Gasteiger partial charge in [-0.05, 0) is 17.1 Å². The zero-order valence-corrected chi connectivity index (χ0v) is 8.26. The number of benzene rings is 1. The van der Waals surface area contributed by atoms with Gasteiger partial charge in [0.2, 0.25) is 0 Å². The zero-order valence-electron chi connectivity index (χ0n) is 7.50. The van der Waals surface area contributed by atoms with E-state index in [-0.39, 0.29) is 5.84 Å². The highest BCUT2D eigenvalue weighted by atomic mass is 35.5. The number of hydrazone groups is 1. The monoisotopic (exact) mass is 223 g/mol. The number of amidine groups is 1. The lowest BCUT2D eigenvalue weighted by Gasteiger charge is -2.04. The molecule has 1 aromatic carbocycles. The molecule has 0 radical (unpaired) electrons. The van der Waals surface area contributed by atoms with Crippen molar-refractivity contribution in [1.29, 1.82) is 0 Å². The minimum Gasteiger partial charge on any atom is -0.358 e. The predicted molar refractivity (Wildman–Crippen MR) is 58.2 cm³/mol. The number of anilines is 1. The Bertz CT molecular complexity index is 470. The highest BCUT2D eigenvalue weighted by molar-refractivity contribution is 6.26. The minimum absolute atomic E-state index is 0.291. The summed E-state index contributed by atoms with van der Waals surface area (Å²) in [6.07, 6.45) is 2.93. The largest absolute Gasteiger partial charge is 0.389 e. The van der Waals surface area contributed by atoms with Crippen LogP contribution in [0.1, 0.15) is 5.56 Å². The molecule has 0 saturated carbocycles. The van der Waals surface area contributed by atoms with Crippen LogP contribution in [0.4, 0.5) is 5.69 Å².